The van der Waals surface area contributed by atoms with Crippen LogP contribution < -0.4 is 0 Å². The average molecular weight is 419 g/mol. The molecule has 29 heavy (non-hydrogen) atoms. The van der Waals surface area contributed by atoms with E-state index in [0.29, 0.717) is 22.5 Å². The van der Waals surface area contributed by atoms with Crippen molar-refractivity contribution in [2.75, 3.05) is 5.75 Å². The van der Waals surface area contributed by atoms with E-state index in [-0.39, 0.29) is 16.6 Å². The molecule has 1 aromatic carbocycles. The van der Waals surface area contributed by atoms with Gasteiger partial charge in [0.05, 0.1) is 34.4 Å². The summed E-state index contributed by atoms with van der Waals surface area (Å²) in [7, 11) is -3.30. The molecular weight excluding hydrogens is 403 g/mol. The zero-order valence-corrected chi connectivity index (χ0v) is 15.9. The Bertz CT molecular complexity index is 1120. The van der Waals surface area contributed by atoms with Gasteiger partial charge in [0.25, 0.3) is 0 Å². The van der Waals surface area contributed by atoms with E-state index in [0.717, 1.165) is 25.1 Å². The van der Waals surface area contributed by atoms with Crippen molar-refractivity contribution < 1.29 is 21.6 Å². The first kappa shape index (κ1) is 19.5. The van der Waals surface area contributed by atoms with Crippen molar-refractivity contribution in [3.05, 3.63) is 60.7 Å². The number of nitrogens with zero attached hydrogens (tertiary/aromatic N) is 3. The van der Waals surface area contributed by atoms with Crippen LogP contribution in [-0.4, -0.2) is 29.1 Å². The van der Waals surface area contributed by atoms with Gasteiger partial charge < -0.3 is 0 Å². The summed E-state index contributed by atoms with van der Waals surface area (Å²) in [5.41, 5.74) is 0.927. The summed E-state index contributed by atoms with van der Waals surface area (Å²) in [6.07, 6.45) is 1.45. The molecule has 0 amide bonds. The second kappa shape index (κ2) is 7.22. The molecule has 2 aromatic heterocycles. The summed E-state index contributed by atoms with van der Waals surface area (Å²) in [5.74, 6) is 0.433. The van der Waals surface area contributed by atoms with Gasteiger partial charge >= 0.3 is 6.18 Å². The minimum absolute atomic E-state index is 0.169. The standard InChI is InChI=1S/C20H16F3N3O2S/c21-20(22,23)19-8-5-15(9-25-19)18-11-24-10-17(26-18)14-3-6-16(7-4-14)29(27,28)12-13-1-2-13/h3-11,13H,1-2,12H2. The largest absolute Gasteiger partial charge is 0.433 e. The Hall–Kier alpha value is -2.81. The van der Waals surface area contributed by atoms with Gasteiger partial charge in [-0.3, -0.25) is 9.97 Å². The van der Waals surface area contributed by atoms with Gasteiger partial charge in [0.15, 0.2) is 9.84 Å². The van der Waals surface area contributed by atoms with Crippen LogP contribution in [0, 0.1) is 5.92 Å². The van der Waals surface area contributed by atoms with E-state index in [1.165, 1.54) is 18.5 Å². The lowest BCUT2D eigenvalue weighted by Gasteiger charge is -2.08. The van der Waals surface area contributed by atoms with Crippen LogP contribution in [0.1, 0.15) is 18.5 Å². The molecular formula is C20H16F3N3O2S. The molecule has 0 radical (unpaired) electrons. The fourth-order valence-electron chi connectivity index (χ4n) is 2.88. The van der Waals surface area contributed by atoms with E-state index in [2.05, 4.69) is 15.0 Å². The van der Waals surface area contributed by atoms with Gasteiger partial charge in [0.1, 0.15) is 5.69 Å². The Morgan fingerprint density at radius 3 is 2.07 bits per heavy atom. The van der Waals surface area contributed by atoms with E-state index in [9.17, 15) is 21.6 Å². The van der Waals surface area contributed by atoms with E-state index >= 15 is 0 Å². The molecule has 2 heterocycles. The van der Waals surface area contributed by atoms with Gasteiger partial charge in [-0.1, -0.05) is 12.1 Å². The summed E-state index contributed by atoms with van der Waals surface area (Å²) < 4.78 is 62.7. The molecule has 0 spiro atoms. The number of sulfone groups is 1. The highest BCUT2D eigenvalue weighted by atomic mass is 32.2. The minimum atomic E-state index is -4.51. The average Bonchev–Trinajstić information content (AvgIpc) is 3.51. The summed E-state index contributed by atoms with van der Waals surface area (Å²) in [6, 6.07) is 8.57. The summed E-state index contributed by atoms with van der Waals surface area (Å²) in [5, 5.41) is 0. The van der Waals surface area contributed by atoms with Gasteiger partial charge in [-0.15, -0.1) is 0 Å². The van der Waals surface area contributed by atoms with Gasteiger partial charge in [-0.2, -0.15) is 13.2 Å². The Morgan fingerprint density at radius 2 is 1.52 bits per heavy atom. The van der Waals surface area contributed by atoms with Crippen LogP contribution in [0.5, 0.6) is 0 Å². The number of halogens is 3. The van der Waals surface area contributed by atoms with E-state index in [1.54, 1.807) is 24.3 Å². The number of benzene rings is 1. The first-order valence-electron chi connectivity index (χ1n) is 8.91. The van der Waals surface area contributed by atoms with Crippen molar-refractivity contribution in [2.45, 2.75) is 23.9 Å². The van der Waals surface area contributed by atoms with Crippen molar-refractivity contribution in [3.8, 4) is 22.5 Å². The third-order valence-electron chi connectivity index (χ3n) is 4.65. The van der Waals surface area contributed by atoms with Crippen molar-refractivity contribution in [1.29, 1.82) is 0 Å². The van der Waals surface area contributed by atoms with Crippen LogP contribution in [0.4, 0.5) is 13.2 Å². The number of hydrogen-bond acceptors (Lipinski definition) is 5. The lowest BCUT2D eigenvalue weighted by molar-refractivity contribution is -0.141. The second-order valence-electron chi connectivity index (χ2n) is 6.97. The molecule has 1 aliphatic rings. The van der Waals surface area contributed by atoms with Crippen molar-refractivity contribution >= 4 is 9.84 Å². The summed E-state index contributed by atoms with van der Waals surface area (Å²) >= 11 is 0. The molecule has 1 saturated carbocycles. The van der Waals surface area contributed by atoms with Gasteiger partial charge in [-0.05, 0) is 43.0 Å². The van der Waals surface area contributed by atoms with Crippen LogP contribution >= 0.6 is 0 Å². The molecule has 0 saturated heterocycles. The van der Waals surface area contributed by atoms with E-state index in [1.807, 2.05) is 0 Å². The molecule has 9 heteroatoms. The number of alkyl halides is 3. The predicted molar refractivity (Wildman–Crippen MR) is 100 cm³/mol. The molecule has 3 aromatic rings. The molecule has 5 nitrogen and oxygen atoms in total. The van der Waals surface area contributed by atoms with Gasteiger partial charge in [0.2, 0.25) is 0 Å². The summed E-state index contributed by atoms with van der Waals surface area (Å²) in [6.45, 7) is 0. The van der Waals surface area contributed by atoms with E-state index < -0.39 is 21.7 Å². The van der Waals surface area contributed by atoms with Crippen molar-refractivity contribution in [2.24, 2.45) is 5.92 Å². The molecule has 0 unspecified atom stereocenters. The Balaban J connectivity index is 1.58. The molecule has 0 bridgehead atoms. The molecule has 1 aliphatic carbocycles. The fourth-order valence-corrected chi connectivity index (χ4v) is 4.58. The van der Waals surface area contributed by atoms with Gasteiger partial charge in [0, 0.05) is 17.3 Å². The number of aromatic nitrogens is 3. The molecule has 0 aliphatic heterocycles. The quantitative estimate of drug-likeness (QED) is 0.613. The van der Waals surface area contributed by atoms with Crippen molar-refractivity contribution in [1.82, 2.24) is 15.0 Å². The lowest BCUT2D eigenvalue weighted by atomic mass is 10.1. The monoisotopic (exact) mass is 419 g/mol. The Morgan fingerprint density at radius 1 is 0.897 bits per heavy atom. The molecule has 0 atom stereocenters. The van der Waals surface area contributed by atoms with Crippen LogP contribution in [0.25, 0.3) is 22.5 Å². The Labute approximate surface area is 165 Å². The van der Waals surface area contributed by atoms with Crippen LogP contribution in [0.15, 0.2) is 59.9 Å². The SMILES string of the molecule is O=S(=O)(CC1CC1)c1ccc(-c2cncc(-c3ccc(C(F)(F)F)nc3)n2)cc1. The topological polar surface area (TPSA) is 72.8 Å². The van der Waals surface area contributed by atoms with Gasteiger partial charge in [-0.25, -0.2) is 13.4 Å². The molecule has 0 N–H and O–H groups in total. The minimum Gasteiger partial charge on any atom is -0.260 e. The smallest absolute Gasteiger partial charge is 0.260 e. The zero-order chi connectivity index (χ0) is 20.6. The highest BCUT2D eigenvalue weighted by molar-refractivity contribution is 7.91. The number of rotatable bonds is 5. The number of hydrogen-bond donors (Lipinski definition) is 0. The third kappa shape index (κ3) is 4.45. The fraction of sp³-hybridized carbons (Fsp3) is 0.250. The molecule has 150 valence electrons. The van der Waals surface area contributed by atoms with Crippen LogP contribution in [0.3, 0.4) is 0 Å². The lowest BCUT2D eigenvalue weighted by Crippen LogP contribution is -2.08. The number of pyridine rings is 1. The third-order valence-corrected chi connectivity index (χ3v) is 6.55. The normalized spacial score (nSPS) is 14.7. The zero-order valence-electron chi connectivity index (χ0n) is 15.1. The molecule has 4 rings (SSSR count). The first-order valence-corrected chi connectivity index (χ1v) is 10.6. The Kier molecular flexibility index (Phi) is 4.85. The predicted octanol–water partition coefficient (Wildman–Crippen LogP) is 4.41. The van der Waals surface area contributed by atoms with Crippen LogP contribution in [0.2, 0.25) is 0 Å². The van der Waals surface area contributed by atoms with Crippen molar-refractivity contribution in [3.63, 3.8) is 0 Å². The first-order chi connectivity index (χ1) is 13.7. The maximum absolute atomic E-state index is 12.7. The highest BCUT2D eigenvalue weighted by Crippen LogP contribution is 2.33. The van der Waals surface area contributed by atoms with E-state index in [4.69, 9.17) is 0 Å². The summed E-state index contributed by atoms with van der Waals surface area (Å²) in [4.78, 5) is 12.2. The van der Waals surface area contributed by atoms with Crippen LogP contribution in [-0.2, 0) is 16.0 Å². The second-order valence-corrected chi connectivity index (χ2v) is 9.00. The maximum atomic E-state index is 12.7. The highest BCUT2D eigenvalue weighted by Gasteiger charge is 2.32. The maximum Gasteiger partial charge on any atom is 0.433 e. The molecule has 1 fully saturated rings.